The van der Waals surface area contributed by atoms with Gasteiger partial charge in [0.2, 0.25) is 0 Å². The molecule has 0 unspecified atom stereocenters. The quantitative estimate of drug-likeness (QED) is 0.813. The van der Waals surface area contributed by atoms with Gasteiger partial charge < -0.3 is 10.2 Å². The van der Waals surface area contributed by atoms with Crippen LogP contribution in [0.3, 0.4) is 0 Å². The van der Waals surface area contributed by atoms with E-state index in [0.29, 0.717) is 0 Å². The van der Waals surface area contributed by atoms with Crippen LogP contribution in [0.4, 0.5) is 5.69 Å². The van der Waals surface area contributed by atoms with Crippen LogP contribution in [0.5, 0.6) is 5.75 Å². The zero-order chi connectivity index (χ0) is 14.9. The first-order valence-electron chi connectivity index (χ1n) is 7.35. The molecule has 2 aromatic rings. The fourth-order valence-electron chi connectivity index (χ4n) is 2.84. The van der Waals surface area contributed by atoms with Gasteiger partial charge >= 0.3 is 0 Å². The zero-order valence-electron chi connectivity index (χ0n) is 12.0. The molecule has 2 heterocycles. The zero-order valence-corrected chi connectivity index (χ0v) is 13.6. The minimum absolute atomic E-state index is 0.744. The molecule has 112 valence electrons. The number of hydrogen-bond acceptors (Lipinski definition) is 4. The van der Waals surface area contributed by atoms with Crippen LogP contribution in [0.1, 0.15) is 18.4 Å². The molecule has 0 aromatic heterocycles. The maximum Gasteiger partial charge on any atom is 0.128 e. The molecule has 0 saturated heterocycles. The van der Waals surface area contributed by atoms with Crippen molar-refractivity contribution < 1.29 is 4.74 Å². The molecular formula is C17H16BrN3O. The molecule has 2 aliphatic heterocycles. The molecule has 0 saturated carbocycles. The molecule has 0 aliphatic carbocycles. The van der Waals surface area contributed by atoms with Crippen LogP contribution in [0, 0.1) is 0 Å². The summed E-state index contributed by atoms with van der Waals surface area (Å²) in [5, 5.41) is 2.08. The number of hydrogen-bond donors (Lipinski definition) is 2. The monoisotopic (exact) mass is 357 g/mol. The number of para-hydroxylation sites is 1. The van der Waals surface area contributed by atoms with Crippen molar-refractivity contribution in [2.75, 3.05) is 11.6 Å². The van der Waals surface area contributed by atoms with Gasteiger partial charge in [-0.1, -0.05) is 28.1 Å². The first kappa shape index (κ1) is 13.7. The smallest absolute Gasteiger partial charge is 0.128 e. The lowest BCUT2D eigenvalue weighted by Crippen LogP contribution is -2.37. The molecule has 4 nitrogen and oxygen atoms in total. The van der Waals surface area contributed by atoms with Gasteiger partial charge in [0.15, 0.2) is 0 Å². The van der Waals surface area contributed by atoms with E-state index in [2.05, 4.69) is 50.1 Å². The predicted octanol–water partition coefficient (Wildman–Crippen LogP) is 3.82. The fraction of sp³-hybridized carbons (Fsp3) is 0.176. The minimum atomic E-state index is 0.744. The van der Waals surface area contributed by atoms with E-state index < -0.39 is 0 Å². The average molecular weight is 358 g/mol. The van der Waals surface area contributed by atoms with E-state index in [0.717, 1.165) is 46.6 Å². The molecule has 0 amide bonds. The van der Waals surface area contributed by atoms with Crippen LogP contribution >= 0.6 is 15.9 Å². The molecule has 2 aromatic carbocycles. The Kier molecular flexibility index (Phi) is 3.52. The Bertz CT molecular complexity index is 727. The van der Waals surface area contributed by atoms with Crippen LogP contribution in [0.2, 0.25) is 0 Å². The van der Waals surface area contributed by atoms with E-state index in [9.17, 15) is 0 Å². The van der Waals surface area contributed by atoms with Crippen LogP contribution in [-0.4, -0.2) is 6.61 Å². The second kappa shape index (κ2) is 5.66. The molecule has 22 heavy (non-hydrogen) atoms. The van der Waals surface area contributed by atoms with Gasteiger partial charge in [0, 0.05) is 10.0 Å². The van der Waals surface area contributed by atoms with Crippen molar-refractivity contribution in [3.63, 3.8) is 0 Å². The van der Waals surface area contributed by atoms with Crippen molar-refractivity contribution in [3.05, 3.63) is 64.3 Å². The highest BCUT2D eigenvalue weighted by Crippen LogP contribution is 2.37. The number of ether oxygens (including phenoxy) is 1. The van der Waals surface area contributed by atoms with E-state index in [4.69, 9.17) is 4.74 Å². The Morgan fingerprint density at radius 3 is 2.73 bits per heavy atom. The Labute approximate surface area is 137 Å². The van der Waals surface area contributed by atoms with Crippen LogP contribution in [0.15, 0.2) is 58.7 Å². The van der Waals surface area contributed by atoms with Gasteiger partial charge in [0.25, 0.3) is 0 Å². The minimum Gasteiger partial charge on any atom is -0.493 e. The highest BCUT2D eigenvalue weighted by Gasteiger charge is 2.27. The van der Waals surface area contributed by atoms with Gasteiger partial charge in [-0.25, -0.2) is 0 Å². The van der Waals surface area contributed by atoms with Crippen molar-refractivity contribution in [2.24, 2.45) is 0 Å². The van der Waals surface area contributed by atoms with Gasteiger partial charge in [-0.3, -0.25) is 5.01 Å². The Morgan fingerprint density at radius 2 is 1.86 bits per heavy atom. The number of nitrogens with one attached hydrogen (secondary N) is 2. The third-order valence-electron chi connectivity index (χ3n) is 3.88. The summed E-state index contributed by atoms with van der Waals surface area (Å²) < 4.78 is 6.98. The second-order valence-electron chi connectivity index (χ2n) is 5.32. The van der Waals surface area contributed by atoms with Crippen LogP contribution in [-0.2, 0) is 0 Å². The lowest BCUT2D eigenvalue weighted by molar-refractivity contribution is 0.307. The van der Waals surface area contributed by atoms with Crippen LogP contribution < -0.4 is 20.7 Å². The molecular weight excluding hydrogens is 342 g/mol. The van der Waals surface area contributed by atoms with E-state index in [-0.39, 0.29) is 0 Å². The summed E-state index contributed by atoms with van der Waals surface area (Å²) in [7, 11) is 0. The normalized spacial score (nSPS) is 17.0. The van der Waals surface area contributed by atoms with E-state index in [1.807, 2.05) is 30.3 Å². The molecule has 2 aliphatic rings. The first-order valence-corrected chi connectivity index (χ1v) is 8.15. The van der Waals surface area contributed by atoms with Gasteiger partial charge in [0.05, 0.1) is 23.7 Å². The number of nitrogens with zero attached hydrogens (tertiary/aromatic N) is 1. The summed E-state index contributed by atoms with van der Waals surface area (Å²) in [5.74, 6) is 0.933. The summed E-state index contributed by atoms with van der Waals surface area (Å²) in [6, 6.07) is 16.4. The third kappa shape index (κ3) is 2.36. The van der Waals surface area contributed by atoms with Crippen molar-refractivity contribution in [2.45, 2.75) is 12.8 Å². The van der Waals surface area contributed by atoms with Crippen molar-refractivity contribution >= 4 is 27.3 Å². The maximum absolute atomic E-state index is 5.92. The van der Waals surface area contributed by atoms with Gasteiger partial charge in [-0.2, -0.15) is 0 Å². The number of rotatable bonds is 1. The summed E-state index contributed by atoms with van der Waals surface area (Å²) >= 11 is 3.48. The van der Waals surface area contributed by atoms with Crippen molar-refractivity contribution in [1.29, 1.82) is 0 Å². The predicted molar refractivity (Wildman–Crippen MR) is 91.0 cm³/mol. The Hall–Kier alpha value is -1.98. The molecule has 0 fully saturated rings. The number of benzene rings is 2. The first-order chi connectivity index (χ1) is 10.8. The number of anilines is 1. The van der Waals surface area contributed by atoms with Crippen molar-refractivity contribution in [1.82, 2.24) is 11.0 Å². The van der Waals surface area contributed by atoms with E-state index in [1.54, 1.807) is 0 Å². The summed E-state index contributed by atoms with van der Waals surface area (Å²) in [6.45, 7) is 0.744. The molecule has 5 heteroatoms. The van der Waals surface area contributed by atoms with Gasteiger partial charge in [-0.15, -0.1) is 5.53 Å². The number of hydrazine groups is 2. The highest BCUT2D eigenvalue weighted by atomic mass is 79.9. The van der Waals surface area contributed by atoms with Gasteiger partial charge in [-0.05, 0) is 49.2 Å². The highest BCUT2D eigenvalue weighted by molar-refractivity contribution is 9.10. The molecule has 2 N–H and O–H groups in total. The number of fused-ring (bicyclic) bond motifs is 2. The lowest BCUT2D eigenvalue weighted by Gasteiger charge is -2.24. The molecule has 4 rings (SSSR count). The SMILES string of the molecule is Brc1ccc(N2NNC3=C2c2ccccc2OCCC3)cc1. The van der Waals surface area contributed by atoms with Crippen LogP contribution in [0.25, 0.3) is 5.70 Å². The second-order valence-corrected chi connectivity index (χ2v) is 6.24. The lowest BCUT2D eigenvalue weighted by atomic mass is 10.0. The number of allylic oxidation sites excluding steroid dienone is 1. The molecule has 0 bridgehead atoms. The summed E-state index contributed by atoms with van der Waals surface area (Å²) in [6.07, 6.45) is 1.96. The number of halogens is 1. The molecule has 0 radical (unpaired) electrons. The topological polar surface area (TPSA) is 36.5 Å². The maximum atomic E-state index is 5.92. The molecule has 0 spiro atoms. The molecule has 0 atom stereocenters. The Balaban J connectivity index is 1.82. The third-order valence-corrected chi connectivity index (χ3v) is 4.41. The standard InChI is InChI=1S/C17H16BrN3O/c18-12-7-9-13(10-8-12)21-17-14-4-1-2-6-16(14)22-11-3-5-15(17)19-20-21/h1-2,4,6-10,19-20H,3,5,11H2. The Morgan fingerprint density at radius 1 is 1.05 bits per heavy atom. The van der Waals surface area contributed by atoms with E-state index in [1.165, 1.54) is 5.70 Å². The van der Waals surface area contributed by atoms with E-state index >= 15 is 0 Å². The summed E-state index contributed by atoms with van der Waals surface area (Å²) in [4.78, 5) is 0. The van der Waals surface area contributed by atoms with Gasteiger partial charge in [0.1, 0.15) is 5.75 Å². The average Bonchev–Trinajstić information content (AvgIpc) is 2.93. The largest absolute Gasteiger partial charge is 0.493 e. The summed E-state index contributed by atoms with van der Waals surface area (Å²) in [5.41, 5.74) is 11.1. The fourth-order valence-corrected chi connectivity index (χ4v) is 3.10. The van der Waals surface area contributed by atoms with Crippen molar-refractivity contribution in [3.8, 4) is 5.75 Å².